The van der Waals surface area contributed by atoms with Crippen LogP contribution in [0.25, 0.3) is 11.1 Å². The molecule has 2 aromatic rings. The molecule has 0 aliphatic heterocycles. The summed E-state index contributed by atoms with van der Waals surface area (Å²) in [6, 6.07) is 16.2. The molecular formula is C26H29NO4. The summed E-state index contributed by atoms with van der Waals surface area (Å²) in [6.45, 7) is 5.70. The van der Waals surface area contributed by atoms with E-state index < -0.39 is 17.6 Å². The van der Waals surface area contributed by atoms with Crippen LogP contribution in [0, 0.1) is 0 Å². The summed E-state index contributed by atoms with van der Waals surface area (Å²) < 4.78 is 5.57. The van der Waals surface area contributed by atoms with Gasteiger partial charge in [-0.1, -0.05) is 66.8 Å². The van der Waals surface area contributed by atoms with E-state index in [2.05, 4.69) is 24.0 Å². The van der Waals surface area contributed by atoms with Crippen molar-refractivity contribution in [3.05, 3.63) is 84.5 Å². The lowest BCUT2D eigenvalue weighted by Gasteiger charge is -2.30. The Morgan fingerprint density at radius 1 is 1.06 bits per heavy atom. The molecular weight excluding hydrogens is 390 g/mol. The van der Waals surface area contributed by atoms with Crippen LogP contribution in [0.4, 0.5) is 4.79 Å². The van der Waals surface area contributed by atoms with Crippen molar-refractivity contribution < 1.29 is 19.4 Å². The van der Waals surface area contributed by atoms with Gasteiger partial charge in [0.1, 0.15) is 12.1 Å². The Bertz CT molecular complexity index is 935. The topological polar surface area (TPSA) is 75.6 Å². The average molecular weight is 420 g/mol. The zero-order valence-corrected chi connectivity index (χ0v) is 17.8. The number of hydrogen-bond acceptors (Lipinski definition) is 3. The fourth-order valence-electron chi connectivity index (χ4n) is 4.19. The number of rotatable bonds is 10. The van der Waals surface area contributed by atoms with Gasteiger partial charge >= 0.3 is 12.1 Å². The van der Waals surface area contributed by atoms with E-state index in [0.29, 0.717) is 12.8 Å². The first-order valence-electron chi connectivity index (χ1n) is 10.6. The minimum atomic E-state index is -1.39. The third-order valence-electron chi connectivity index (χ3n) is 5.84. The van der Waals surface area contributed by atoms with Crippen LogP contribution in [0.3, 0.4) is 0 Å². The molecule has 0 spiro atoms. The van der Waals surface area contributed by atoms with Crippen LogP contribution in [-0.4, -0.2) is 29.3 Å². The number of hydrogen-bond donors (Lipinski definition) is 2. The molecule has 1 atom stereocenters. The highest BCUT2D eigenvalue weighted by Gasteiger charge is 2.39. The van der Waals surface area contributed by atoms with Gasteiger partial charge in [0, 0.05) is 5.92 Å². The number of carboxylic acids is 1. The maximum atomic E-state index is 12.7. The van der Waals surface area contributed by atoms with E-state index in [1.807, 2.05) is 55.5 Å². The van der Waals surface area contributed by atoms with Crippen molar-refractivity contribution in [2.45, 2.75) is 44.1 Å². The Balaban J connectivity index is 1.74. The standard InChI is InChI=1S/C26H29NO4/c1-3-5-11-17-26(24(28)29,16-6-4-2)27-25(30)31-18-23-21-14-9-7-12-19(21)20-13-8-10-15-22(20)23/h3-5,7-10,12-15,23H,2,6,11,16-18H2,1H3,(H,27,30)(H,28,29)/b5-3+. The summed E-state index contributed by atoms with van der Waals surface area (Å²) in [4.78, 5) is 24.8. The highest BCUT2D eigenvalue weighted by atomic mass is 16.5. The van der Waals surface area contributed by atoms with E-state index in [1.54, 1.807) is 6.08 Å². The largest absolute Gasteiger partial charge is 0.480 e. The van der Waals surface area contributed by atoms with E-state index in [9.17, 15) is 14.7 Å². The molecule has 0 bridgehead atoms. The van der Waals surface area contributed by atoms with Crippen LogP contribution in [-0.2, 0) is 9.53 Å². The van der Waals surface area contributed by atoms with Crippen LogP contribution in [0.5, 0.6) is 0 Å². The van der Waals surface area contributed by atoms with Crippen LogP contribution >= 0.6 is 0 Å². The Morgan fingerprint density at radius 2 is 1.65 bits per heavy atom. The minimum absolute atomic E-state index is 0.0754. The van der Waals surface area contributed by atoms with E-state index in [4.69, 9.17) is 4.74 Å². The first kappa shape index (κ1) is 22.3. The summed E-state index contributed by atoms with van der Waals surface area (Å²) in [6.07, 6.45) is 6.27. The van der Waals surface area contributed by atoms with Gasteiger partial charge < -0.3 is 15.2 Å². The fraction of sp³-hybridized carbons (Fsp3) is 0.308. The number of carboxylic acid groups (broad SMARTS) is 1. The third-order valence-corrected chi connectivity index (χ3v) is 5.84. The fourth-order valence-corrected chi connectivity index (χ4v) is 4.19. The minimum Gasteiger partial charge on any atom is -0.480 e. The molecule has 5 heteroatoms. The highest BCUT2D eigenvalue weighted by Crippen LogP contribution is 2.44. The molecule has 0 radical (unpaired) electrons. The second-order valence-electron chi connectivity index (χ2n) is 7.77. The lowest BCUT2D eigenvalue weighted by atomic mass is 9.88. The number of ether oxygens (including phenoxy) is 1. The van der Waals surface area contributed by atoms with Crippen molar-refractivity contribution in [1.82, 2.24) is 5.32 Å². The first-order chi connectivity index (χ1) is 15.0. The average Bonchev–Trinajstić information content (AvgIpc) is 3.10. The lowest BCUT2D eigenvalue weighted by molar-refractivity contribution is -0.145. The van der Waals surface area contributed by atoms with Crippen LogP contribution in [0.1, 0.15) is 49.7 Å². The van der Waals surface area contributed by atoms with Crippen molar-refractivity contribution >= 4 is 12.1 Å². The van der Waals surface area contributed by atoms with Crippen molar-refractivity contribution in [2.75, 3.05) is 6.61 Å². The number of fused-ring (bicyclic) bond motifs is 3. The molecule has 1 aliphatic carbocycles. The zero-order valence-electron chi connectivity index (χ0n) is 17.8. The zero-order chi connectivity index (χ0) is 22.3. The molecule has 0 saturated heterocycles. The Hall–Kier alpha value is -3.34. The van der Waals surface area contributed by atoms with Gasteiger partial charge in [0.05, 0.1) is 0 Å². The van der Waals surface area contributed by atoms with Crippen molar-refractivity contribution in [3.8, 4) is 11.1 Å². The van der Waals surface area contributed by atoms with Crippen LogP contribution < -0.4 is 5.32 Å². The van der Waals surface area contributed by atoms with Crippen molar-refractivity contribution in [3.63, 3.8) is 0 Å². The molecule has 1 unspecified atom stereocenters. The predicted molar refractivity (Wildman–Crippen MR) is 122 cm³/mol. The van der Waals surface area contributed by atoms with Crippen LogP contribution in [0.2, 0.25) is 0 Å². The smallest absolute Gasteiger partial charge is 0.408 e. The lowest BCUT2D eigenvalue weighted by Crippen LogP contribution is -2.54. The Morgan fingerprint density at radius 3 is 2.19 bits per heavy atom. The van der Waals surface area contributed by atoms with Gasteiger partial charge in [-0.2, -0.15) is 0 Å². The monoisotopic (exact) mass is 419 g/mol. The molecule has 1 amide bonds. The van der Waals surface area contributed by atoms with Gasteiger partial charge in [-0.05, 0) is 54.9 Å². The molecule has 0 aromatic heterocycles. The summed E-state index contributed by atoms with van der Waals surface area (Å²) >= 11 is 0. The van der Waals surface area contributed by atoms with Crippen molar-refractivity contribution in [2.24, 2.45) is 0 Å². The van der Waals surface area contributed by atoms with Gasteiger partial charge in [-0.25, -0.2) is 9.59 Å². The Kier molecular flexibility index (Phi) is 7.29. The highest BCUT2D eigenvalue weighted by molar-refractivity contribution is 5.84. The van der Waals surface area contributed by atoms with Gasteiger partial charge in [-0.3, -0.25) is 0 Å². The number of aliphatic carboxylic acids is 1. The van der Waals surface area contributed by atoms with Crippen LogP contribution in [0.15, 0.2) is 73.3 Å². The quantitative estimate of drug-likeness (QED) is 0.487. The second-order valence-corrected chi connectivity index (χ2v) is 7.77. The number of carbonyl (C=O) groups is 2. The maximum Gasteiger partial charge on any atom is 0.408 e. The SMILES string of the molecule is C=CCCC(CC/C=C/C)(NC(=O)OCC1c2ccccc2-c2ccccc21)C(=O)O. The molecule has 2 aromatic carbocycles. The van der Waals surface area contributed by atoms with E-state index in [-0.39, 0.29) is 25.4 Å². The maximum absolute atomic E-state index is 12.7. The molecule has 162 valence electrons. The number of allylic oxidation sites excluding steroid dienone is 3. The van der Waals surface area contributed by atoms with E-state index >= 15 is 0 Å². The number of nitrogens with one attached hydrogen (secondary N) is 1. The summed E-state index contributed by atoms with van der Waals surface area (Å²) in [5.74, 6) is -1.14. The molecule has 5 nitrogen and oxygen atoms in total. The van der Waals surface area contributed by atoms with Gasteiger partial charge in [0.25, 0.3) is 0 Å². The molecule has 1 aliphatic rings. The summed E-state index contributed by atoms with van der Waals surface area (Å²) in [5, 5.41) is 12.6. The van der Waals surface area contributed by atoms with Gasteiger partial charge in [0.15, 0.2) is 0 Å². The number of amides is 1. The first-order valence-corrected chi connectivity index (χ1v) is 10.6. The van der Waals surface area contributed by atoms with E-state index in [0.717, 1.165) is 22.3 Å². The number of alkyl carbamates (subject to hydrolysis) is 1. The molecule has 31 heavy (non-hydrogen) atoms. The van der Waals surface area contributed by atoms with Crippen molar-refractivity contribution in [1.29, 1.82) is 0 Å². The molecule has 0 heterocycles. The van der Waals surface area contributed by atoms with E-state index in [1.165, 1.54) is 0 Å². The third kappa shape index (κ3) is 4.88. The second kappa shape index (κ2) is 10.1. The number of carbonyl (C=O) groups excluding carboxylic acids is 1. The number of benzene rings is 2. The molecule has 2 N–H and O–H groups in total. The normalized spacial score (nSPS) is 14.5. The molecule has 0 fully saturated rings. The summed E-state index contributed by atoms with van der Waals surface area (Å²) in [7, 11) is 0. The molecule has 0 saturated carbocycles. The summed E-state index contributed by atoms with van der Waals surface area (Å²) in [5.41, 5.74) is 3.12. The molecule has 3 rings (SSSR count). The predicted octanol–water partition coefficient (Wildman–Crippen LogP) is 5.67. The van der Waals surface area contributed by atoms with Gasteiger partial charge in [-0.15, -0.1) is 6.58 Å². The Labute approximate surface area is 183 Å². The van der Waals surface area contributed by atoms with Gasteiger partial charge in [0.2, 0.25) is 0 Å².